The third-order valence-corrected chi connectivity index (χ3v) is 7.90. The average Bonchev–Trinajstić information content (AvgIpc) is 2.84. The van der Waals surface area contributed by atoms with E-state index in [0.29, 0.717) is 0 Å². The van der Waals surface area contributed by atoms with Crippen LogP contribution in [0.2, 0.25) is 0 Å². The molecule has 9 heteroatoms. The minimum absolute atomic E-state index is 0.0273. The number of esters is 1. The maximum Gasteiger partial charge on any atom is 0.432 e. The molecule has 0 fully saturated rings. The Hall–Kier alpha value is -2.93. The molecular weight excluding hydrogens is 468 g/mol. The van der Waals surface area contributed by atoms with Gasteiger partial charge in [-0.3, -0.25) is 4.57 Å². The molecule has 0 saturated heterocycles. The SMILES string of the molecule is CCOP(=O)(c1ccccc1)[C@H](OC(=O)[C@](OC)(c1ccccc1)C(F)(F)F)c1ccccc1. The summed E-state index contributed by atoms with van der Waals surface area (Å²) in [6.45, 7) is 1.57. The Bertz CT molecular complexity index is 1120. The third-order valence-electron chi connectivity index (χ3n) is 5.22. The number of benzene rings is 3. The van der Waals surface area contributed by atoms with Crippen LogP contribution in [0.5, 0.6) is 0 Å². The summed E-state index contributed by atoms with van der Waals surface area (Å²) in [5.41, 5.74) is -3.68. The van der Waals surface area contributed by atoms with Crippen LogP contribution < -0.4 is 5.30 Å². The summed E-state index contributed by atoms with van der Waals surface area (Å²) in [6, 6.07) is 22.3. The zero-order valence-corrected chi connectivity index (χ0v) is 19.5. The molecule has 0 aliphatic heterocycles. The molecule has 34 heavy (non-hydrogen) atoms. The molecule has 3 rings (SSSR count). The van der Waals surface area contributed by atoms with Gasteiger partial charge in [0, 0.05) is 23.5 Å². The highest BCUT2D eigenvalue weighted by Gasteiger charge is 2.65. The van der Waals surface area contributed by atoms with E-state index in [-0.39, 0.29) is 17.5 Å². The van der Waals surface area contributed by atoms with Gasteiger partial charge in [0.25, 0.3) is 13.0 Å². The van der Waals surface area contributed by atoms with Crippen molar-refractivity contribution in [1.82, 2.24) is 0 Å². The van der Waals surface area contributed by atoms with Crippen LogP contribution in [0.25, 0.3) is 0 Å². The number of halogens is 3. The highest BCUT2D eigenvalue weighted by atomic mass is 31.2. The first-order valence-electron chi connectivity index (χ1n) is 10.4. The molecule has 0 saturated carbocycles. The van der Waals surface area contributed by atoms with Gasteiger partial charge in [-0.15, -0.1) is 0 Å². The average molecular weight is 492 g/mol. The van der Waals surface area contributed by atoms with Crippen molar-refractivity contribution in [2.75, 3.05) is 13.7 Å². The Labute approximate surface area is 195 Å². The summed E-state index contributed by atoms with van der Waals surface area (Å²) in [6.07, 6.45) is -5.18. The Morgan fingerprint density at radius 3 is 1.85 bits per heavy atom. The van der Waals surface area contributed by atoms with Crippen LogP contribution in [0.1, 0.15) is 23.9 Å². The van der Waals surface area contributed by atoms with E-state index in [9.17, 15) is 22.5 Å². The van der Waals surface area contributed by atoms with Gasteiger partial charge in [0.05, 0.1) is 6.61 Å². The lowest BCUT2D eigenvalue weighted by molar-refractivity contribution is -0.277. The largest absolute Gasteiger partial charge is 0.444 e. The number of ether oxygens (including phenoxy) is 2. The normalized spacial score (nSPS) is 16.1. The number of hydrogen-bond donors (Lipinski definition) is 0. The first kappa shape index (κ1) is 25.7. The molecule has 0 N–H and O–H groups in total. The summed E-state index contributed by atoms with van der Waals surface area (Å²) < 4.78 is 73.4. The lowest BCUT2D eigenvalue weighted by atomic mass is 9.92. The zero-order chi connectivity index (χ0) is 24.8. The molecule has 0 spiro atoms. The third kappa shape index (κ3) is 4.80. The molecule has 3 aromatic rings. The molecule has 0 radical (unpaired) electrons. The lowest BCUT2D eigenvalue weighted by Gasteiger charge is -2.35. The zero-order valence-electron chi connectivity index (χ0n) is 18.6. The highest BCUT2D eigenvalue weighted by molar-refractivity contribution is 7.67. The fourth-order valence-corrected chi connectivity index (χ4v) is 5.95. The predicted molar refractivity (Wildman–Crippen MR) is 122 cm³/mol. The van der Waals surface area contributed by atoms with Crippen molar-refractivity contribution in [3.05, 3.63) is 102 Å². The van der Waals surface area contributed by atoms with Crippen molar-refractivity contribution < 1.29 is 36.5 Å². The summed E-state index contributed by atoms with van der Waals surface area (Å²) >= 11 is 0. The Morgan fingerprint density at radius 1 is 0.882 bits per heavy atom. The van der Waals surface area contributed by atoms with E-state index in [4.69, 9.17) is 14.0 Å². The maximum atomic E-state index is 14.4. The van der Waals surface area contributed by atoms with Gasteiger partial charge in [0.15, 0.2) is 0 Å². The molecule has 0 amide bonds. The van der Waals surface area contributed by atoms with Gasteiger partial charge in [-0.05, 0) is 19.1 Å². The number of alkyl halides is 3. The molecule has 3 aromatic carbocycles. The van der Waals surface area contributed by atoms with E-state index < -0.39 is 36.5 Å². The highest BCUT2D eigenvalue weighted by Crippen LogP contribution is 2.60. The van der Waals surface area contributed by atoms with Crippen LogP contribution in [-0.2, 0) is 29.0 Å². The predicted octanol–water partition coefficient (Wildman–Crippen LogP) is 5.97. The Morgan fingerprint density at radius 2 is 1.38 bits per heavy atom. The summed E-state index contributed by atoms with van der Waals surface area (Å²) in [7, 11) is -3.27. The second-order valence-corrected chi connectivity index (χ2v) is 9.71. The number of carbonyl (C=O) groups excluding carboxylic acids is 1. The summed E-state index contributed by atoms with van der Waals surface area (Å²) in [5.74, 6) is -3.40. The number of rotatable bonds is 9. The molecule has 0 bridgehead atoms. The molecule has 0 aromatic heterocycles. The Kier molecular flexibility index (Phi) is 7.97. The molecule has 0 aliphatic rings. The van der Waals surface area contributed by atoms with Gasteiger partial charge >= 0.3 is 12.1 Å². The van der Waals surface area contributed by atoms with E-state index in [2.05, 4.69) is 0 Å². The van der Waals surface area contributed by atoms with Crippen LogP contribution in [0.15, 0.2) is 91.0 Å². The van der Waals surface area contributed by atoms with Crippen LogP contribution >= 0.6 is 7.37 Å². The minimum atomic E-state index is -5.18. The van der Waals surface area contributed by atoms with E-state index in [0.717, 1.165) is 19.2 Å². The molecule has 180 valence electrons. The van der Waals surface area contributed by atoms with Crippen molar-refractivity contribution >= 4 is 18.6 Å². The number of carbonyl (C=O) groups is 1. The van der Waals surface area contributed by atoms with Crippen molar-refractivity contribution in [3.63, 3.8) is 0 Å². The molecule has 0 aliphatic carbocycles. The van der Waals surface area contributed by atoms with Gasteiger partial charge in [0.2, 0.25) is 5.85 Å². The van der Waals surface area contributed by atoms with Gasteiger partial charge in [-0.25, -0.2) is 4.79 Å². The Balaban J connectivity index is 2.18. The minimum Gasteiger partial charge on any atom is -0.444 e. The van der Waals surface area contributed by atoms with Gasteiger partial charge < -0.3 is 14.0 Å². The first-order chi connectivity index (χ1) is 16.2. The number of hydrogen-bond acceptors (Lipinski definition) is 5. The van der Waals surface area contributed by atoms with E-state index in [1.807, 2.05) is 0 Å². The van der Waals surface area contributed by atoms with Gasteiger partial charge in [-0.1, -0.05) is 78.9 Å². The molecule has 3 atom stereocenters. The smallest absolute Gasteiger partial charge is 0.432 e. The fraction of sp³-hybridized carbons (Fsp3) is 0.240. The van der Waals surface area contributed by atoms with Crippen LogP contribution in [0.3, 0.4) is 0 Å². The second kappa shape index (κ2) is 10.6. The van der Waals surface area contributed by atoms with Crippen molar-refractivity contribution in [2.24, 2.45) is 0 Å². The topological polar surface area (TPSA) is 61.8 Å². The van der Waals surface area contributed by atoms with Crippen molar-refractivity contribution in [1.29, 1.82) is 0 Å². The van der Waals surface area contributed by atoms with Crippen molar-refractivity contribution in [3.8, 4) is 0 Å². The number of methoxy groups -OCH3 is 1. The van der Waals surface area contributed by atoms with Gasteiger partial charge in [0.1, 0.15) is 0 Å². The maximum absolute atomic E-state index is 14.4. The molecule has 5 nitrogen and oxygen atoms in total. The summed E-state index contributed by atoms with van der Waals surface area (Å²) in [5, 5.41) is 0.202. The monoisotopic (exact) mass is 492 g/mol. The molecule has 0 heterocycles. The van der Waals surface area contributed by atoms with E-state index in [1.165, 1.54) is 42.5 Å². The van der Waals surface area contributed by atoms with Crippen LogP contribution in [0, 0.1) is 0 Å². The van der Waals surface area contributed by atoms with Crippen LogP contribution in [0.4, 0.5) is 13.2 Å². The molecule has 1 unspecified atom stereocenters. The van der Waals surface area contributed by atoms with Crippen molar-refractivity contribution in [2.45, 2.75) is 24.5 Å². The lowest BCUT2D eigenvalue weighted by Crippen LogP contribution is -2.52. The molecular formula is C25H24F3O5P. The fourth-order valence-electron chi connectivity index (χ4n) is 3.63. The first-order valence-corrected chi connectivity index (χ1v) is 12.1. The summed E-state index contributed by atoms with van der Waals surface area (Å²) in [4.78, 5) is 13.4. The van der Waals surface area contributed by atoms with Crippen LogP contribution in [-0.4, -0.2) is 25.9 Å². The quantitative estimate of drug-likeness (QED) is 0.272. The second-order valence-electron chi connectivity index (χ2n) is 7.27. The van der Waals surface area contributed by atoms with E-state index >= 15 is 0 Å². The van der Waals surface area contributed by atoms with Gasteiger partial charge in [-0.2, -0.15) is 13.2 Å². The standard InChI is InChI=1S/C25H24F3O5P/c1-3-32-34(30,21-17-11-6-12-18-21)22(19-13-7-4-8-14-19)33-23(29)24(31-2,25(26,27)28)20-15-9-5-10-16-20/h4-18,22H,3H2,1-2H3/t22-,24+,34?/m0/s1. The van der Waals surface area contributed by atoms with E-state index in [1.54, 1.807) is 43.3 Å².